The van der Waals surface area contributed by atoms with E-state index in [-0.39, 0.29) is 30.9 Å². The molecule has 0 bridgehead atoms. The molecule has 1 fully saturated rings. The van der Waals surface area contributed by atoms with Gasteiger partial charge in [-0.3, -0.25) is 4.79 Å². The van der Waals surface area contributed by atoms with Gasteiger partial charge in [-0.15, -0.1) is 0 Å². The molecule has 0 unspecified atom stereocenters. The molecule has 9 nitrogen and oxygen atoms in total. The van der Waals surface area contributed by atoms with E-state index in [4.69, 9.17) is 24.0 Å². The molecule has 1 aliphatic rings. The highest BCUT2D eigenvalue weighted by atomic mass is 19.4. The van der Waals surface area contributed by atoms with E-state index in [1.165, 1.54) is 24.1 Å². The number of carbonyl (C=O) groups excluding carboxylic acids is 1. The molecule has 0 saturated carbocycles. The number of methoxy groups -OCH3 is 1. The number of nitrogens with zero attached hydrogens (tertiary/aromatic N) is 4. The molecule has 4 rings (SSSR count). The largest absolute Gasteiger partial charge is 0.467 e. The minimum atomic E-state index is -4.54. The average molecular weight is 589 g/mol. The summed E-state index contributed by atoms with van der Waals surface area (Å²) in [4.78, 5) is 20.6. The molecule has 3 aromatic rings. The third kappa shape index (κ3) is 7.35. The molecule has 2 aromatic heterocycles. The first-order chi connectivity index (χ1) is 19.8. The van der Waals surface area contributed by atoms with Gasteiger partial charge < -0.3 is 18.9 Å². The molecular formula is C30H35F3N4O5. The zero-order chi connectivity index (χ0) is 30.7. The number of ether oxygens (including phenoxy) is 4. The first-order valence-corrected chi connectivity index (χ1v) is 13.7. The van der Waals surface area contributed by atoms with E-state index >= 15 is 0 Å². The van der Waals surface area contributed by atoms with Crippen LogP contribution in [0.4, 0.5) is 13.2 Å². The summed E-state index contributed by atoms with van der Waals surface area (Å²) in [7, 11) is 1.42. The number of carbonyl (C=O) groups is 1. The third-order valence-corrected chi connectivity index (χ3v) is 6.54. The summed E-state index contributed by atoms with van der Waals surface area (Å²) in [5.41, 5.74) is 1.18. The molecule has 12 heteroatoms. The van der Waals surface area contributed by atoms with E-state index in [9.17, 15) is 18.0 Å². The average Bonchev–Trinajstić information content (AvgIpc) is 3.31. The summed E-state index contributed by atoms with van der Waals surface area (Å²) in [5, 5.41) is 4.80. The lowest BCUT2D eigenvalue weighted by Gasteiger charge is -2.39. The smallest absolute Gasteiger partial charge is 0.416 e. The van der Waals surface area contributed by atoms with Crippen LogP contribution in [0.25, 0.3) is 23.2 Å². The van der Waals surface area contributed by atoms with E-state index < -0.39 is 29.7 Å². The van der Waals surface area contributed by atoms with Gasteiger partial charge in [0.2, 0.25) is 0 Å². The highest BCUT2D eigenvalue weighted by Crippen LogP contribution is 2.38. The van der Waals surface area contributed by atoms with Crippen molar-refractivity contribution in [2.45, 2.75) is 77.5 Å². The van der Waals surface area contributed by atoms with Crippen molar-refractivity contribution < 1.29 is 36.9 Å². The van der Waals surface area contributed by atoms with Gasteiger partial charge in [0.15, 0.2) is 11.6 Å². The van der Waals surface area contributed by atoms with Crippen LogP contribution in [0.3, 0.4) is 0 Å². The van der Waals surface area contributed by atoms with Crippen molar-refractivity contribution in [2.24, 2.45) is 0 Å². The first-order valence-electron chi connectivity index (χ1n) is 13.7. The molecule has 226 valence electrons. The van der Waals surface area contributed by atoms with Crippen LogP contribution < -0.4 is 4.74 Å². The molecule has 0 N–H and O–H groups in total. The maximum absolute atomic E-state index is 13.7. The van der Waals surface area contributed by atoms with Gasteiger partial charge in [0.25, 0.3) is 0 Å². The Labute approximate surface area is 242 Å². The van der Waals surface area contributed by atoms with Crippen molar-refractivity contribution in [3.63, 3.8) is 0 Å². The number of hydrogen-bond acceptors (Lipinski definition) is 8. The highest BCUT2D eigenvalue weighted by molar-refractivity contribution is 5.76. The minimum Gasteiger partial charge on any atom is -0.467 e. The zero-order valence-electron chi connectivity index (χ0n) is 24.4. The maximum Gasteiger partial charge on any atom is 0.416 e. The molecule has 0 aliphatic carbocycles. The summed E-state index contributed by atoms with van der Waals surface area (Å²) in [6.07, 6.45) is 0.150. The Morgan fingerprint density at radius 1 is 1.24 bits per heavy atom. The molecule has 1 aliphatic heterocycles. The Morgan fingerprint density at radius 3 is 2.67 bits per heavy atom. The van der Waals surface area contributed by atoms with Crippen molar-refractivity contribution in [3.8, 4) is 23.1 Å². The number of esters is 1. The van der Waals surface area contributed by atoms with E-state index in [0.717, 1.165) is 12.1 Å². The van der Waals surface area contributed by atoms with Crippen molar-refractivity contribution in [1.29, 1.82) is 0 Å². The van der Waals surface area contributed by atoms with E-state index in [0.29, 0.717) is 34.8 Å². The monoisotopic (exact) mass is 588 g/mol. The molecule has 1 saturated heterocycles. The van der Waals surface area contributed by atoms with E-state index in [1.807, 2.05) is 19.9 Å². The number of rotatable bonds is 9. The van der Waals surface area contributed by atoms with Gasteiger partial charge in [-0.2, -0.15) is 23.3 Å². The van der Waals surface area contributed by atoms with Gasteiger partial charge in [0.1, 0.15) is 0 Å². The van der Waals surface area contributed by atoms with Crippen LogP contribution in [-0.4, -0.2) is 57.4 Å². The molecule has 0 amide bonds. The Bertz CT molecular complexity index is 1430. The van der Waals surface area contributed by atoms with Crippen LogP contribution >= 0.6 is 0 Å². The summed E-state index contributed by atoms with van der Waals surface area (Å²) >= 11 is 0. The van der Waals surface area contributed by atoms with Gasteiger partial charge in [-0.1, -0.05) is 38.1 Å². The fraction of sp³-hybridized carbons (Fsp3) is 0.467. The normalized spacial score (nSPS) is 18.9. The van der Waals surface area contributed by atoms with E-state index in [2.05, 4.69) is 9.97 Å². The van der Waals surface area contributed by atoms with Gasteiger partial charge in [-0.25, -0.2) is 9.67 Å². The topological polar surface area (TPSA) is 97.6 Å². The Kier molecular flexibility index (Phi) is 9.37. The SMILES string of the molecule is CCOC(=O)C[C@H]1C[C@@H](/C=C/c2c(C(C)C)nn(-c3ccnc(OC)n3)c2-c2cccc(C(F)(F)F)c2)OC(C)(C)O1. The lowest BCUT2D eigenvalue weighted by molar-refractivity contribution is -0.290. The number of alkyl halides is 3. The molecule has 3 heterocycles. The third-order valence-electron chi connectivity index (χ3n) is 6.54. The minimum absolute atomic E-state index is 0.0746. The van der Waals surface area contributed by atoms with Crippen LogP contribution in [0, 0.1) is 0 Å². The second kappa shape index (κ2) is 12.6. The van der Waals surface area contributed by atoms with Gasteiger partial charge in [-0.05, 0) is 38.8 Å². The van der Waals surface area contributed by atoms with Crippen molar-refractivity contribution >= 4 is 12.0 Å². The molecule has 0 radical (unpaired) electrons. The van der Waals surface area contributed by atoms with Crippen LogP contribution in [0.5, 0.6) is 6.01 Å². The standard InChI is InChI=1S/C30H35F3N4O5/c1-7-40-25(38)17-22-16-21(41-29(4,5)42-22)11-12-23-26(18(2)3)36-37(24-13-14-34-28(35-24)39-6)27(23)19-9-8-10-20(15-19)30(31,32)33/h8-15,18,21-22H,7,16-17H2,1-6H3/b12-11+/t21-,22-/m1/s1. The van der Waals surface area contributed by atoms with Crippen LogP contribution in [-0.2, 0) is 25.2 Å². The second-order valence-electron chi connectivity index (χ2n) is 10.6. The Hall–Kier alpha value is -3.77. The molecular weight excluding hydrogens is 553 g/mol. The lowest BCUT2D eigenvalue weighted by atomic mass is 9.97. The first kappa shape index (κ1) is 31.2. The van der Waals surface area contributed by atoms with Gasteiger partial charge >= 0.3 is 18.2 Å². The predicted molar refractivity (Wildman–Crippen MR) is 149 cm³/mol. The fourth-order valence-electron chi connectivity index (χ4n) is 4.87. The molecule has 1 aromatic carbocycles. The van der Waals surface area contributed by atoms with Crippen molar-refractivity contribution in [2.75, 3.05) is 13.7 Å². The van der Waals surface area contributed by atoms with Gasteiger partial charge in [0.05, 0.1) is 49.3 Å². The molecule has 0 spiro atoms. The lowest BCUT2D eigenvalue weighted by Crippen LogP contribution is -2.44. The number of halogens is 3. The number of benzene rings is 1. The fourth-order valence-corrected chi connectivity index (χ4v) is 4.87. The highest BCUT2D eigenvalue weighted by Gasteiger charge is 2.36. The maximum atomic E-state index is 13.7. The summed E-state index contributed by atoms with van der Waals surface area (Å²) in [6.45, 7) is 9.43. The van der Waals surface area contributed by atoms with Gasteiger partial charge in [0, 0.05) is 29.8 Å². The quantitative estimate of drug-likeness (QED) is 0.267. The summed E-state index contributed by atoms with van der Waals surface area (Å²) in [5.74, 6) is -1.10. The van der Waals surface area contributed by atoms with Crippen molar-refractivity contribution in [1.82, 2.24) is 19.7 Å². The zero-order valence-corrected chi connectivity index (χ0v) is 24.4. The van der Waals surface area contributed by atoms with Crippen LogP contribution in [0.2, 0.25) is 0 Å². The second-order valence-corrected chi connectivity index (χ2v) is 10.6. The summed E-state index contributed by atoms with van der Waals surface area (Å²) < 4.78 is 65.1. The number of aromatic nitrogens is 4. The molecule has 2 atom stereocenters. The van der Waals surface area contributed by atoms with Crippen molar-refractivity contribution in [3.05, 3.63) is 59.4 Å². The van der Waals surface area contributed by atoms with Crippen LogP contribution in [0.15, 0.2) is 42.6 Å². The van der Waals surface area contributed by atoms with Crippen LogP contribution in [0.1, 0.15) is 70.2 Å². The molecule has 42 heavy (non-hydrogen) atoms. The summed E-state index contributed by atoms with van der Waals surface area (Å²) in [6, 6.07) is 6.78. The predicted octanol–water partition coefficient (Wildman–Crippen LogP) is 6.36. The van der Waals surface area contributed by atoms with E-state index in [1.54, 1.807) is 39.0 Å². The Balaban J connectivity index is 1.84. The Morgan fingerprint density at radius 2 is 2.00 bits per heavy atom. The number of hydrogen-bond donors (Lipinski definition) is 0.